The van der Waals surface area contributed by atoms with Crippen molar-refractivity contribution < 1.29 is 18.3 Å². The number of ether oxygens (including phenoxy) is 1. The van der Waals surface area contributed by atoms with Gasteiger partial charge in [-0.3, -0.25) is 4.79 Å². The summed E-state index contributed by atoms with van der Waals surface area (Å²) in [6.07, 6.45) is 0.266. The van der Waals surface area contributed by atoms with Crippen LogP contribution in [0.2, 0.25) is 0 Å². The largest absolute Gasteiger partial charge is 0.460 e. The Morgan fingerprint density at radius 2 is 1.43 bits per heavy atom. The fourth-order valence-corrected chi connectivity index (χ4v) is 1.80. The van der Waals surface area contributed by atoms with Crippen LogP contribution in [-0.2, 0) is 22.6 Å². The molecule has 0 saturated heterocycles. The van der Waals surface area contributed by atoms with Crippen LogP contribution in [0.3, 0.4) is 0 Å². The highest BCUT2D eigenvalue weighted by Gasteiger charge is 2.15. The van der Waals surface area contributed by atoms with Crippen molar-refractivity contribution in [3.8, 4) is 0 Å². The molecule has 2 aromatic rings. The quantitative estimate of drug-likeness (QED) is 0.861. The minimum atomic E-state index is -0.823. The first-order valence-corrected chi connectivity index (χ1v) is 6.45. The van der Waals surface area contributed by atoms with Crippen molar-refractivity contribution in [2.75, 3.05) is 0 Å². The summed E-state index contributed by atoms with van der Waals surface area (Å²) in [6.45, 7) is 0.0379. The van der Waals surface area contributed by atoms with E-state index in [9.17, 15) is 13.6 Å². The van der Waals surface area contributed by atoms with Gasteiger partial charge in [0.05, 0.1) is 0 Å². The van der Waals surface area contributed by atoms with Gasteiger partial charge in [-0.2, -0.15) is 0 Å². The molecule has 2 N–H and O–H groups in total. The van der Waals surface area contributed by atoms with Crippen molar-refractivity contribution in [2.24, 2.45) is 5.73 Å². The van der Waals surface area contributed by atoms with E-state index in [4.69, 9.17) is 10.5 Å². The molecule has 0 aliphatic carbocycles. The van der Waals surface area contributed by atoms with Crippen molar-refractivity contribution in [1.29, 1.82) is 0 Å². The lowest BCUT2D eigenvalue weighted by molar-refractivity contribution is -0.146. The van der Waals surface area contributed by atoms with Crippen LogP contribution in [0.4, 0.5) is 8.78 Å². The predicted octanol–water partition coefficient (Wildman–Crippen LogP) is 2.58. The fraction of sp³-hybridized carbons (Fsp3) is 0.188. The number of carbonyl (C=O) groups is 1. The van der Waals surface area contributed by atoms with Gasteiger partial charge in [0.1, 0.15) is 24.3 Å². The zero-order chi connectivity index (χ0) is 15.2. The number of esters is 1. The second-order valence-corrected chi connectivity index (χ2v) is 4.67. The molecule has 21 heavy (non-hydrogen) atoms. The Morgan fingerprint density at radius 1 is 0.952 bits per heavy atom. The van der Waals surface area contributed by atoms with Gasteiger partial charge in [0.25, 0.3) is 0 Å². The maximum atomic E-state index is 12.8. The van der Waals surface area contributed by atoms with Gasteiger partial charge < -0.3 is 10.5 Å². The molecule has 0 amide bonds. The monoisotopic (exact) mass is 291 g/mol. The van der Waals surface area contributed by atoms with Crippen LogP contribution in [0, 0.1) is 11.6 Å². The van der Waals surface area contributed by atoms with Gasteiger partial charge in [0.15, 0.2) is 0 Å². The molecule has 5 heteroatoms. The van der Waals surface area contributed by atoms with Crippen LogP contribution in [0.5, 0.6) is 0 Å². The van der Waals surface area contributed by atoms with E-state index in [0.717, 1.165) is 5.56 Å². The molecule has 1 atom stereocenters. The molecule has 110 valence electrons. The van der Waals surface area contributed by atoms with Gasteiger partial charge in [-0.25, -0.2) is 8.78 Å². The summed E-state index contributed by atoms with van der Waals surface area (Å²) in [7, 11) is 0. The van der Waals surface area contributed by atoms with Crippen LogP contribution in [-0.4, -0.2) is 12.0 Å². The molecule has 3 nitrogen and oxygen atoms in total. The third-order valence-corrected chi connectivity index (χ3v) is 2.97. The molecule has 0 saturated carbocycles. The molecule has 2 aromatic carbocycles. The van der Waals surface area contributed by atoms with E-state index in [0.29, 0.717) is 5.56 Å². The van der Waals surface area contributed by atoms with Crippen LogP contribution < -0.4 is 5.73 Å². The van der Waals surface area contributed by atoms with E-state index in [2.05, 4.69) is 0 Å². The first-order valence-electron chi connectivity index (χ1n) is 6.45. The molecule has 0 aliphatic rings. The van der Waals surface area contributed by atoms with E-state index in [1.54, 1.807) is 12.1 Å². The summed E-state index contributed by atoms with van der Waals surface area (Å²) in [6, 6.07) is 10.6. The number of benzene rings is 2. The van der Waals surface area contributed by atoms with Gasteiger partial charge in [-0.1, -0.05) is 24.3 Å². The van der Waals surface area contributed by atoms with E-state index in [1.165, 1.54) is 36.4 Å². The molecule has 0 unspecified atom stereocenters. The van der Waals surface area contributed by atoms with Gasteiger partial charge in [0.2, 0.25) is 0 Å². The lowest BCUT2D eigenvalue weighted by Gasteiger charge is -2.11. The number of carbonyl (C=O) groups excluding carboxylic acids is 1. The Hall–Kier alpha value is -2.27. The topological polar surface area (TPSA) is 52.3 Å². The summed E-state index contributed by atoms with van der Waals surface area (Å²) < 4.78 is 30.6. The minimum absolute atomic E-state index is 0.0379. The molecule has 0 aliphatic heterocycles. The molecule has 0 bridgehead atoms. The van der Waals surface area contributed by atoms with E-state index in [1.807, 2.05) is 0 Å². The summed E-state index contributed by atoms with van der Waals surface area (Å²) >= 11 is 0. The SMILES string of the molecule is N[C@@H](Cc1ccc(F)cc1)C(=O)OCc1ccc(F)cc1. The standard InChI is InChI=1S/C16H15F2NO2/c17-13-5-1-11(2-6-13)9-15(19)16(20)21-10-12-3-7-14(18)8-4-12/h1-8,15H,9-10,19H2/t15-/m0/s1. The number of nitrogens with two attached hydrogens (primary N) is 1. The van der Waals surface area contributed by atoms with Crippen molar-refractivity contribution >= 4 is 5.97 Å². The van der Waals surface area contributed by atoms with E-state index >= 15 is 0 Å². The molecular formula is C16H15F2NO2. The Balaban J connectivity index is 1.84. The average Bonchev–Trinajstić information content (AvgIpc) is 2.48. The van der Waals surface area contributed by atoms with Crippen molar-refractivity contribution in [3.05, 3.63) is 71.3 Å². The maximum absolute atomic E-state index is 12.8. The van der Waals surface area contributed by atoms with Gasteiger partial charge >= 0.3 is 5.97 Å². The summed E-state index contributed by atoms with van der Waals surface area (Å²) in [5.41, 5.74) is 7.18. The molecular weight excluding hydrogens is 276 g/mol. The second kappa shape index (κ2) is 6.95. The zero-order valence-corrected chi connectivity index (χ0v) is 11.3. The zero-order valence-electron chi connectivity index (χ0n) is 11.3. The van der Waals surface area contributed by atoms with Crippen LogP contribution in [0.25, 0.3) is 0 Å². The lowest BCUT2D eigenvalue weighted by Crippen LogP contribution is -2.34. The smallest absolute Gasteiger partial charge is 0.323 e. The van der Waals surface area contributed by atoms with Crippen LogP contribution in [0.15, 0.2) is 48.5 Å². The molecule has 2 rings (SSSR count). The molecule has 0 spiro atoms. The number of rotatable bonds is 5. The summed E-state index contributed by atoms with van der Waals surface area (Å²) in [4.78, 5) is 11.8. The fourth-order valence-electron chi connectivity index (χ4n) is 1.80. The second-order valence-electron chi connectivity index (χ2n) is 4.67. The number of hydrogen-bond donors (Lipinski definition) is 1. The first-order chi connectivity index (χ1) is 10.0. The van der Waals surface area contributed by atoms with Gasteiger partial charge in [-0.15, -0.1) is 0 Å². The van der Waals surface area contributed by atoms with Crippen molar-refractivity contribution in [1.82, 2.24) is 0 Å². The van der Waals surface area contributed by atoms with E-state index in [-0.39, 0.29) is 24.7 Å². The normalized spacial score (nSPS) is 12.0. The predicted molar refractivity (Wildman–Crippen MR) is 74.3 cm³/mol. The van der Waals surface area contributed by atoms with Gasteiger partial charge in [-0.05, 0) is 41.8 Å². The molecule has 0 heterocycles. The van der Waals surface area contributed by atoms with E-state index < -0.39 is 12.0 Å². The van der Waals surface area contributed by atoms with Crippen LogP contribution in [0.1, 0.15) is 11.1 Å². The third-order valence-electron chi connectivity index (χ3n) is 2.97. The van der Waals surface area contributed by atoms with Crippen molar-refractivity contribution in [2.45, 2.75) is 19.1 Å². The Kier molecular flexibility index (Phi) is 5.00. The summed E-state index contributed by atoms with van der Waals surface area (Å²) in [5.74, 6) is -1.24. The minimum Gasteiger partial charge on any atom is -0.460 e. The Morgan fingerprint density at radius 3 is 1.95 bits per heavy atom. The lowest BCUT2D eigenvalue weighted by atomic mass is 10.1. The molecule has 0 radical (unpaired) electrons. The average molecular weight is 291 g/mol. The molecule has 0 fully saturated rings. The Labute approximate surface area is 121 Å². The highest BCUT2D eigenvalue weighted by atomic mass is 19.1. The number of halogens is 2. The molecule has 0 aromatic heterocycles. The Bertz CT molecular complexity index is 597. The maximum Gasteiger partial charge on any atom is 0.323 e. The van der Waals surface area contributed by atoms with Crippen LogP contribution >= 0.6 is 0 Å². The first kappa shape index (κ1) is 15.1. The van der Waals surface area contributed by atoms with Gasteiger partial charge in [0, 0.05) is 0 Å². The number of hydrogen-bond acceptors (Lipinski definition) is 3. The third kappa shape index (κ3) is 4.65. The highest BCUT2D eigenvalue weighted by molar-refractivity contribution is 5.75. The van der Waals surface area contributed by atoms with Crippen molar-refractivity contribution in [3.63, 3.8) is 0 Å². The highest BCUT2D eigenvalue weighted by Crippen LogP contribution is 2.08. The summed E-state index contributed by atoms with van der Waals surface area (Å²) in [5, 5.41) is 0.